The zero-order valence-electron chi connectivity index (χ0n) is 14.5. The summed E-state index contributed by atoms with van der Waals surface area (Å²) in [6.07, 6.45) is 1.71. The van der Waals surface area contributed by atoms with Gasteiger partial charge in [-0.25, -0.2) is 9.07 Å². The van der Waals surface area contributed by atoms with E-state index in [-0.39, 0.29) is 17.4 Å². The van der Waals surface area contributed by atoms with E-state index >= 15 is 0 Å². The second-order valence-electron chi connectivity index (χ2n) is 5.96. The Labute approximate surface area is 159 Å². The standard InChI is InChI=1S/C20H15FN4OS/c1-13-17-11-22-25(16-9-7-15(21)8-10-16)19(17)20(24-23-13)27-12-18(26)14-5-3-2-4-6-14/h2-11H,12H2,1H3. The molecule has 0 saturated carbocycles. The Morgan fingerprint density at radius 3 is 2.56 bits per heavy atom. The normalized spacial score (nSPS) is 11.0. The predicted molar refractivity (Wildman–Crippen MR) is 103 cm³/mol. The lowest BCUT2D eigenvalue weighted by Crippen LogP contribution is -2.04. The first-order chi connectivity index (χ1) is 13.1. The molecular formula is C20H15FN4OS. The van der Waals surface area contributed by atoms with Crippen LogP contribution in [0.1, 0.15) is 16.1 Å². The van der Waals surface area contributed by atoms with Crippen LogP contribution in [0.2, 0.25) is 0 Å². The highest BCUT2D eigenvalue weighted by Crippen LogP contribution is 2.29. The first kappa shape index (κ1) is 17.4. The van der Waals surface area contributed by atoms with Crippen LogP contribution in [0.4, 0.5) is 4.39 Å². The molecule has 4 aromatic rings. The molecule has 2 aromatic carbocycles. The summed E-state index contributed by atoms with van der Waals surface area (Å²) in [7, 11) is 0. The van der Waals surface area contributed by atoms with E-state index in [1.807, 2.05) is 25.1 Å². The fraction of sp³-hybridized carbons (Fsp3) is 0.100. The maximum atomic E-state index is 13.3. The molecule has 2 heterocycles. The van der Waals surface area contributed by atoms with Crippen molar-refractivity contribution < 1.29 is 9.18 Å². The average molecular weight is 378 g/mol. The van der Waals surface area contributed by atoms with Gasteiger partial charge in [-0.2, -0.15) is 10.2 Å². The highest BCUT2D eigenvalue weighted by Gasteiger charge is 2.16. The highest BCUT2D eigenvalue weighted by molar-refractivity contribution is 8.00. The Hall–Kier alpha value is -3.06. The minimum Gasteiger partial charge on any atom is -0.293 e. The molecule has 0 spiro atoms. The third kappa shape index (κ3) is 3.46. The number of carbonyl (C=O) groups is 1. The minimum atomic E-state index is -0.311. The van der Waals surface area contributed by atoms with Gasteiger partial charge in [0, 0.05) is 10.9 Å². The Morgan fingerprint density at radius 2 is 1.81 bits per heavy atom. The summed E-state index contributed by atoms with van der Waals surface area (Å²) in [5, 5.41) is 14.3. The summed E-state index contributed by atoms with van der Waals surface area (Å²) in [6, 6.07) is 15.2. The Balaban J connectivity index is 1.70. The molecule has 27 heavy (non-hydrogen) atoms. The second kappa shape index (κ2) is 7.28. The number of aromatic nitrogens is 4. The molecular weight excluding hydrogens is 363 g/mol. The van der Waals surface area contributed by atoms with Crippen LogP contribution in [0.15, 0.2) is 65.8 Å². The minimum absolute atomic E-state index is 0.0176. The van der Waals surface area contributed by atoms with E-state index in [0.717, 1.165) is 22.3 Å². The molecule has 0 aliphatic carbocycles. The van der Waals surface area contributed by atoms with Crippen molar-refractivity contribution in [2.45, 2.75) is 11.9 Å². The van der Waals surface area contributed by atoms with Crippen LogP contribution in [0, 0.1) is 12.7 Å². The van der Waals surface area contributed by atoms with Gasteiger partial charge in [-0.1, -0.05) is 42.1 Å². The van der Waals surface area contributed by atoms with Crippen LogP contribution in [-0.2, 0) is 0 Å². The molecule has 134 valence electrons. The number of carbonyl (C=O) groups excluding carboxylic acids is 1. The van der Waals surface area contributed by atoms with E-state index < -0.39 is 0 Å². The van der Waals surface area contributed by atoms with E-state index in [0.29, 0.717) is 10.6 Å². The number of aryl methyl sites for hydroxylation is 1. The number of nitrogens with zero attached hydrogens (tertiary/aromatic N) is 4. The second-order valence-corrected chi connectivity index (χ2v) is 6.93. The van der Waals surface area contributed by atoms with Gasteiger partial charge in [-0.05, 0) is 31.2 Å². The Kier molecular flexibility index (Phi) is 4.68. The number of fused-ring (bicyclic) bond motifs is 1. The SMILES string of the molecule is Cc1nnc(SCC(=O)c2ccccc2)c2c1cnn2-c1ccc(F)cc1. The summed E-state index contributed by atoms with van der Waals surface area (Å²) in [5.74, 6) is -0.0518. The molecule has 0 unspecified atom stereocenters. The van der Waals surface area contributed by atoms with Gasteiger partial charge in [0.05, 0.1) is 23.3 Å². The van der Waals surface area contributed by atoms with Gasteiger partial charge in [0.15, 0.2) is 5.78 Å². The van der Waals surface area contributed by atoms with Crippen molar-refractivity contribution in [3.05, 3.63) is 77.9 Å². The van der Waals surface area contributed by atoms with Crippen LogP contribution in [0.3, 0.4) is 0 Å². The van der Waals surface area contributed by atoms with Crippen molar-refractivity contribution in [2.75, 3.05) is 5.75 Å². The van der Waals surface area contributed by atoms with Gasteiger partial charge >= 0.3 is 0 Å². The summed E-state index contributed by atoms with van der Waals surface area (Å²) in [5.41, 5.74) is 2.89. The zero-order valence-corrected chi connectivity index (χ0v) is 15.3. The number of hydrogen-bond donors (Lipinski definition) is 0. The predicted octanol–water partition coefficient (Wildman–Crippen LogP) is 4.24. The van der Waals surface area contributed by atoms with E-state index in [4.69, 9.17) is 0 Å². The number of rotatable bonds is 5. The lowest BCUT2D eigenvalue weighted by atomic mass is 10.2. The van der Waals surface area contributed by atoms with Gasteiger partial charge in [0.2, 0.25) is 0 Å². The first-order valence-corrected chi connectivity index (χ1v) is 9.30. The molecule has 0 amide bonds. The molecule has 0 bridgehead atoms. The maximum Gasteiger partial charge on any atom is 0.173 e. The summed E-state index contributed by atoms with van der Waals surface area (Å²) in [6.45, 7) is 1.86. The smallest absolute Gasteiger partial charge is 0.173 e. The van der Waals surface area contributed by atoms with Crippen molar-refractivity contribution in [3.8, 4) is 5.69 Å². The molecule has 0 aliphatic rings. The van der Waals surface area contributed by atoms with Crippen molar-refractivity contribution in [2.24, 2.45) is 0 Å². The van der Waals surface area contributed by atoms with E-state index in [1.54, 1.807) is 35.1 Å². The maximum absolute atomic E-state index is 13.3. The van der Waals surface area contributed by atoms with Crippen LogP contribution in [-0.4, -0.2) is 31.5 Å². The Morgan fingerprint density at radius 1 is 1.07 bits per heavy atom. The van der Waals surface area contributed by atoms with Crippen LogP contribution >= 0.6 is 11.8 Å². The summed E-state index contributed by atoms with van der Waals surface area (Å²) >= 11 is 1.32. The van der Waals surface area contributed by atoms with Crippen LogP contribution in [0.5, 0.6) is 0 Å². The highest BCUT2D eigenvalue weighted by atomic mass is 32.2. The van der Waals surface area contributed by atoms with E-state index in [2.05, 4.69) is 15.3 Å². The van der Waals surface area contributed by atoms with Crippen molar-refractivity contribution >= 4 is 28.4 Å². The molecule has 7 heteroatoms. The van der Waals surface area contributed by atoms with Crippen LogP contribution < -0.4 is 0 Å². The molecule has 0 fully saturated rings. The van der Waals surface area contributed by atoms with E-state index in [1.165, 1.54) is 23.9 Å². The third-order valence-electron chi connectivity index (χ3n) is 4.16. The fourth-order valence-corrected chi connectivity index (χ4v) is 3.62. The largest absolute Gasteiger partial charge is 0.293 e. The lowest BCUT2D eigenvalue weighted by Gasteiger charge is -2.08. The monoisotopic (exact) mass is 378 g/mol. The topological polar surface area (TPSA) is 60.7 Å². The number of hydrogen-bond acceptors (Lipinski definition) is 5. The third-order valence-corrected chi connectivity index (χ3v) is 5.11. The summed E-state index contributed by atoms with van der Waals surface area (Å²) in [4.78, 5) is 12.4. The first-order valence-electron chi connectivity index (χ1n) is 8.31. The van der Waals surface area contributed by atoms with Crippen molar-refractivity contribution in [3.63, 3.8) is 0 Å². The lowest BCUT2D eigenvalue weighted by molar-refractivity contribution is 0.102. The van der Waals surface area contributed by atoms with E-state index in [9.17, 15) is 9.18 Å². The van der Waals surface area contributed by atoms with Crippen molar-refractivity contribution in [1.29, 1.82) is 0 Å². The molecule has 0 N–H and O–H groups in total. The van der Waals surface area contributed by atoms with Gasteiger partial charge in [-0.15, -0.1) is 5.10 Å². The zero-order chi connectivity index (χ0) is 18.8. The number of thioether (sulfide) groups is 1. The Bertz CT molecular complexity index is 1110. The quantitative estimate of drug-likeness (QED) is 0.384. The molecule has 0 atom stereocenters. The average Bonchev–Trinajstić information content (AvgIpc) is 3.15. The van der Waals surface area contributed by atoms with Crippen LogP contribution in [0.25, 0.3) is 16.6 Å². The number of halogens is 1. The number of Topliss-reactive ketones (excluding diaryl/α,β-unsaturated/α-hetero) is 1. The number of ketones is 1. The molecule has 0 aliphatic heterocycles. The van der Waals surface area contributed by atoms with Crippen molar-refractivity contribution in [1.82, 2.24) is 20.0 Å². The molecule has 0 saturated heterocycles. The van der Waals surface area contributed by atoms with Gasteiger partial charge in [-0.3, -0.25) is 4.79 Å². The van der Waals surface area contributed by atoms with Gasteiger partial charge in [0.1, 0.15) is 16.4 Å². The fourth-order valence-electron chi connectivity index (χ4n) is 2.76. The molecule has 2 aromatic heterocycles. The molecule has 0 radical (unpaired) electrons. The number of benzene rings is 2. The van der Waals surface area contributed by atoms with Gasteiger partial charge in [0.25, 0.3) is 0 Å². The summed E-state index contributed by atoms with van der Waals surface area (Å²) < 4.78 is 15.0. The molecule has 5 nitrogen and oxygen atoms in total. The van der Waals surface area contributed by atoms with Gasteiger partial charge < -0.3 is 0 Å². The molecule has 4 rings (SSSR count).